The van der Waals surface area contributed by atoms with Crippen LogP contribution in [0.25, 0.3) is 11.3 Å². The van der Waals surface area contributed by atoms with Gasteiger partial charge in [0, 0.05) is 16.1 Å². The molecule has 17 heavy (non-hydrogen) atoms. The number of halogens is 2. The molecule has 5 heteroatoms. The molecular formula is C12H13Cl2N3. The third-order valence-corrected chi connectivity index (χ3v) is 3.15. The fourth-order valence-electron chi connectivity index (χ4n) is 1.80. The van der Waals surface area contributed by atoms with Crippen LogP contribution in [0.4, 0.5) is 5.82 Å². The van der Waals surface area contributed by atoms with Crippen LogP contribution in [0.15, 0.2) is 18.2 Å². The zero-order chi connectivity index (χ0) is 12.4. The molecular weight excluding hydrogens is 257 g/mol. The zero-order valence-electron chi connectivity index (χ0n) is 9.43. The largest absolute Gasteiger partial charge is 0.382 e. The van der Waals surface area contributed by atoms with Gasteiger partial charge in [-0.2, -0.15) is 5.10 Å². The number of nitrogens with zero attached hydrogens (tertiary/aromatic N) is 1. The molecule has 0 aliphatic rings. The van der Waals surface area contributed by atoms with Crippen molar-refractivity contribution in [3.63, 3.8) is 0 Å². The number of rotatable bonds is 3. The van der Waals surface area contributed by atoms with E-state index < -0.39 is 0 Å². The molecule has 0 radical (unpaired) electrons. The molecule has 3 N–H and O–H groups in total. The minimum atomic E-state index is 0.535. The van der Waals surface area contributed by atoms with E-state index in [1.165, 1.54) is 0 Å². The summed E-state index contributed by atoms with van der Waals surface area (Å²) in [5, 5.41) is 8.18. The Kier molecular flexibility index (Phi) is 3.60. The number of anilines is 1. The van der Waals surface area contributed by atoms with Crippen molar-refractivity contribution in [1.29, 1.82) is 0 Å². The molecule has 0 aliphatic heterocycles. The summed E-state index contributed by atoms with van der Waals surface area (Å²) < 4.78 is 0. The number of hydrogen-bond acceptors (Lipinski definition) is 2. The lowest BCUT2D eigenvalue weighted by atomic mass is 10.0. The Morgan fingerprint density at radius 1 is 1.35 bits per heavy atom. The highest BCUT2D eigenvalue weighted by Gasteiger charge is 2.14. The molecule has 2 aromatic rings. The summed E-state index contributed by atoms with van der Waals surface area (Å²) in [6.07, 6.45) is 1.87. The van der Waals surface area contributed by atoms with Gasteiger partial charge in [0.1, 0.15) is 5.82 Å². The average molecular weight is 270 g/mol. The summed E-state index contributed by atoms with van der Waals surface area (Å²) in [6, 6.07) is 5.39. The van der Waals surface area contributed by atoms with Gasteiger partial charge in [-0.25, -0.2) is 0 Å². The van der Waals surface area contributed by atoms with Gasteiger partial charge in [-0.05, 0) is 24.6 Å². The van der Waals surface area contributed by atoms with Crippen LogP contribution in [-0.4, -0.2) is 10.2 Å². The number of nitrogen functional groups attached to an aromatic ring is 1. The third-order valence-electron chi connectivity index (χ3n) is 2.60. The molecule has 0 bridgehead atoms. The van der Waals surface area contributed by atoms with Gasteiger partial charge in [0.15, 0.2) is 0 Å². The lowest BCUT2D eigenvalue weighted by Crippen LogP contribution is -1.93. The van der Waals surface area contributed by atoms with Crippen molar-refractivity contribution in [2.24, 2.45) is 0 Å². The van der Waals surface area contributed by atoms with Crippen LogP contribution < -0.4 is 5.73 Å². The number of aromatic amines is 1. The first-order valence-corrected chi connectivity index (χ1v) is 6.17. The predicted molar refractivity (Wildman–Crippen MR) is 72.5 cm³/mol. The summed E-state index contributed by atoms with van der Waals surface area (Å²) in [5.41, 5.74) is 8.60. The second kappa shape index (κ2) is 4.98. The Labute approximate surface area is 110 Å². The number of nitrogens with one attached hydrogen (secondary N) is 1. The molecule has 1 heterocycles. The molecule has 0 atom stereocenters. The first-order valence-electron chi connectivity index (χ1n) is 5.41. The molecule has 0 spiro atoms. The Hall–Kier alpha value is -1.19. The minimum absolute atomic E-state index is 0.535. The van der Waals surface area contributed by atoms with E-state index in [0.717, 1.165) is 29.7 Å². The molecule has 0 aliphatic carbocycles. The molecule has 0 saturated carbocycles. The predicted octanol–water partition coefficient (Wildman–Crippen LogP) is 3.92. The van der Waals surface area contributed by atoms with E-state index in [1.54, 1.807) is 12.1 Å². The molecule has 90 valence electrons. The highest BCUT2D eigenvalue weighted by molar-refractivity contribution is 6.36. The minimum Gasteiger partial charge on any atom is -0.382 e. The zero-order valence-corrected chi connectivity index (χ0v) is 10.9. The normalized spacial score (nSPS) is 10.8. The Morgan fingerprint density at radius 2 is 2.12 bits per heavy atom. The lowest BCUT2D eigenvalue weighted by molar-refractivity contribution is 0.927. The molecule has 1 aromatic carbocycles. The van der Waals surface area contributed by atoms with Gasteiger partial charge in [-0.15, -0.1) is 0 Å². The van der Waals surface area contributed by atoms with Crippen LogP contribution in [-0.2, 0) is 6.42 Å². The number of nitrogens with two attached hydrogens (primary N) is 1. The van der Waals surface area contributed by atoms with Crippen LogP contribution in [0.1, 0.15) is 18.9 Å². The standard InChI is InChI=1S/C12H13Cl2N3/c1-2-3-9-11(16-17-12(9)15)8-5-4-7(13)6-10(8)14/h4-6H,2-3H2,1H3,(H3,15,16,17). The second-order valence-corrected chi connectivity index (χ2v) is 4.68. The summed E-state index contributed by atoms with van der Waals surface area (Å²) in [7, 11) is 0. The molecule has 0 unspecified atom stereocenters. The first kappa shape index (κ1) is 12.3. The van der Waals surface area contributed by atoms with Gasteiger partial charge < -0.3 is 5.73 Å². The first-order chi connectivity index (χ1) is 8.13. The Morgan fingerprint density at radius 3 is 2.76 bits per heavy atom. The molecule has 1 aromatic heterocycles. The van der Waals surface area contributed by atoms with Crippen molar-refractivity contribution >= 4 is 29.0 Å². The lowest BCUT2D eigenvalue weighted by Gasteiger charge is -2.05. The fourth-order valence-corrected chi connectivity index (χ4v) is 2.30. The molecule has 3 nitrogen and oxygen atoms in total. The Bertz CT molecular complexity index is 535. The van der Waals surface area contributed by atoms with Crippen molar-refractivity contribution in [2.75, 3.05) is 5.73 Å². The summed E-state index contributed by atoms with van der Waals surface area (Å²) in [4.78, 5) is 0. The van der Waals surface area contributed by atoms with Gasteiger partial charge >= 0.3 is 0 Å². The Balaban J connectivity index is 2.52. The fraction of sp³-hybridized carbons (Fsp3) is 0.250. The van der Waals surface area contributed by atoms with E-state index in [4.69, 9.17) is 28.9 Å². The van der Waals surface area contributed by atoms with Crippen LogP contribution in [0.3, 0.4) is 0 Å². The summed E-state index contributed by atoms with van der Waals surface area (Å²) >= 11 is 12.0. The number of aromatic nitrogens is 2. The van der Waals surface area contributed by atoms with Crippen molar-refractivity contribution in [3.05, 3.63) is 33.8 Å². The molecule has 0 amide bonds. The molecule has 2 rings (SSSR count). The van der Waals surface area contributed by atoms with E-state index in [-0.39, 0.29) is 0 Å². The van der Waals surface area contributed by atoms with Gasteiger partial charge in [-0.1, -0.05) is 36.5 Å². The average Bonchev–Trinajstić information content (AvgIpc) is 2.62. The van der Waals surface area contributed by atoms with Gasteiger partial charge in [-0.3, -0.25) is 5.10 Å². The van der Waals surface area contributed by atoms with Gasteiger partial charge in [0.05, 0.1) is 10.7 Å². The topological polar surface area (TPSA) is 54.7 Å². The van der Waals surface area contributed by atoms with Crippen molar-refractivity contribution < 1.29 is 0 Å². The maximum Gasteiger partial charge on any atom is 0.149 e. The molecule has 0 fully saturated rings. The van der Waals surface area contributed by atoms with Crippen LogP contribution in [0.2, 0.25) is 10.0 Å². The van der Waals surface area contributed by atoms with Crippen molar-refractivity contribution in [1.82, 2.24) is 10.2 Å². The van der Waals surface area contributed by atoms with E-state index >= 15 is 0 Å². The summed E-state index contributed by atoms with van der Waals surface area (Å²) in [6.45, 7) is 2.10. The maximum absolute atomic E-state index is 6.17. The van der Waals surface area contributed by atoms with Crippen LogP contribution in [0.5, 0.6) is 0 Å². The van der Waals surface area contributed by atoms with E-state index in [9.17, 15) is 0 Å². The third kappa shape index (κ3) is 2.40. The van der Waals surface area contributed by atoms with Crippen LogP contribution >= 0.6 is 23.2 Å². The van der Waals surface area contributed by atoms with E-state index in [2.05, 4.69) is 17.1 Å². The SMILES string of the molecule is CCCc1c(N)n[nH]c1-c1ccc(Cl)cc1Cl. The number of hydrogen-bond donors (Lipinski definition) is 2. The van der Waals surface area contributed by atoms with Crippen LogP contribution in [0, 0.1) is 0 Å². The highest BCUT2D eigenvalue weighted by atomic mass is 35.5. The van der Waals surface area contributed by atoms with Crippen molar-refractivity contribution in [3.8, 4) is 11.3 Å². The van der Waals surface area contributed by atoms with Gasteiger partial charge in [0.25, 0.3) is 0 Å². The monoisotopic (exact) mass is 269 g/mol. The second-order valence-electron chi connectivity index (χ2n) is 3.84. The number of H-pyrrole nitrogens is 1. The maximum atomic E-state index is 6.17. The quantitative estimate of drug-likeness (QED) is 0.888. The molecule has 0 saturated heterocycles. The number of benzene rings is 1. The highest BCUT2D eigenvalue weighted by Crippen LogP contribution is 2.33. The van der Waals surface area contributed by atoms with E-state index in [1.807, 2.05) is 6.07 Å². The van der Waals surface area contributed by atoms with E-state index in [0.29, 0.717) is 15.9 Å². The summed E-state index contributed by atoms with van der Waals surface area (Å²) in [5.74, 6) is 0.535. The van der Waals surface area contributed by atoms with Crippen molar-refractivity contribution in [2.45, 2.75) is 19.8 Å². The van der Waals surface area contributed by atoms with Gasteiger partial charge in [0.2, 0.25) is 0 Å². The smallest absolute Gasteiger partial charge is 0.149 e.